The number of aromatic amines is 2. The number of nitrogens with one attached hydrogen (secondary N) is 3. The first kappa shape index (κ1) is 7.81. The molecule has 0 bridgehead atoms. The third-order valence-electron chi connectivity index (χ3n) is 2.16. The predicted octanol–water partition coefficient (Wildman–Crippen LogP) is -1.23. The SMILES string of the molecule is N=C1N=C2C=c3[nH]c(=O)[nH]c3=CC2S1. The summed E-state index contributed by atoms with van der Waals surface area (Å²) in [5, 5.41) is 9.35. The lowest BCUT2D eigenvalue weighted by Crippen LogP contribution is -2.33. The molecule has 0 saturated heterocycles. The van der Waals surface area contributed by atoms with Crippen molar-refractivity contribution in [1.82, 2.24) is 9.97 Å². The number of aromatic nitrogens is 2. The fourth-order valence-electron chi connectivity index (χ4n) is 1.58. The van der Waals surface area contributed by atoms with E-state index >= 15 is 0 Å². The van der Waals surface area contributed by atoms with Crippen molar-refractivity contribution >= 4 is 34.8 Å². The van der Waals surface area contributed by atoms with Gasteiger partial charge in [0.1, 0.15) is 0 Å². The van der Waals surface area contributed by atoms with Gasteiger partial charge in [0.2, 0.25) is 0 Å². The van der Waals surface area contributed by atoms with Crippen LogP contribution in [0.4, 0.5) is 0 Å². The average Bonchev–Trinajstić information content (AvgIpc) is 2.59. The summed E-state index contributed by atoms with van der Waals surface area (Å²) in [5.41, 5.74) is 0.630. The molecule has 1 atom stereocenters. The Morgan fingerprint density at radius 3 is 3.07 bits per heavy atom. The van der Waals surface area contributed by atoms with Crippen LogP contribution in [0.2, 0.25) is 0 Å². The first-order valence-electron chi connectivity index (χ1n) is 4.08. The minimum Gasteiger partial charge on any atom is -0.306 e. The van der Waals surface area contributed by atoms with Gasteiger partial charge in [0.15, 0.2) is 5.17 Å². The first-order valence-corrected chi connectivity index (χ1v) is 4.96. The van der Waals surface area contributed by atoms with Gasteiger partial charge in [0, 0.05) is 0 Å². The molecule has 1 aromatic rings. The first-order chi connectivity index (χ1) is 6.72. The number of hydrogen-bond donors (Lipinski definition) is 3. The van der Waals surface area contributed by atoms with E-state index < -0.39 is 0 Å². The van der Waals surface area contributed by atoms with Crippen LogP contribution in [0.25, 0.3) is 12.2 Å². The lowest BCUT2D eigenvalue weighted by molar-refractivity contribution is 1.17. The van der Waals surface area contributed by atoms with Gasteiger partial charge in [-0.1, -0.05) is 11.8 Å². The normalized spacial score (nSPS) is 23.3. The number of fused-ring (bicyclic) bond motifs is 2. The fraction of sp³-hybridized carbons (Fsp3) is 0.125. The van der Waals surface area contributed by atoms with Gasteiger partial charge < -0.3 is 9.97 Å². The van der Waals surface area contributed by atoms with Crippen LogP contribution in [-0.4, -0.2) is 26.1 Å². The molecule has 2 aliphatic rings. The number of thioether (sulfide) groups is 1. The highest BCUT2D eigenvalue weighted by molar-refractivity contribution is 8.15. The molecule has 6 heteroatoms. The van der Waals surface area contributed by atoms with Crippen LogP contribution in [0.15, 0.2) is 9.79 Å². The minimum atomic E-state index is -0.205. The second kappa shape index (κ2) is 2.48. The molecular formula is C8H6N4OS. The second-order valence-electron chi connectivity index (χ2n) is 3.10. The Kier molecular flexibility index (Phi) is 1.38. The molecule has 1 unspecified atom stereocenters. The standard InChI is InChI=1S/C8H6N4OS/c9-7-10-5-1-3-4(2-6(5)14-7)12-8(13)11-3/h1-2,6,9H,(H2,11,12,13). The number of rotatable bonds is 0. The highest BCUT2D eigenvalue weighted by atomic mass is 32.2. The third-order valence-corrected chi connectivity index (χ3v) is 3.10. The van der Waals surface area contributed by atoms with Gasteiger partial charge in [0.05, 0.1) is 21.7 Å². The van der Waals surface area contributed by atoms with E-state index in [-0.39, 0.29) is 10.9 Å². The van der Waals surface area contributed by atoms with Crippen molar-refractivity contribution < 1.29 is 0 Å². The van der Waals surface area contributed by atoms with Gasteiger partial charge in [-0.3, -0.25) is 5.41 Å². The van der Waals surface area contributed by atoms with Crippen LogP contribution in [0.1, 0.15) is 0 Å². The topological polar surface area (TPSA) is 84.9 Å². The molecule has 70 valence electrons. The summed E-state index contributed by atoms with van der Waals surface area (Å²) in [5.74, 6) is 0. The van der Waals surface area contributed by atoms with Gasteiger partial charge in [-0.05, 0) is 12.2 Å². The highest BCUT2D eigenvalue weighted by Gasteiger charge is 2.24. The van der Waals surface area contributed by atoms with Gasteiger partial charge in [-0.25, -0.2) is 9.79 Å². The molecule has 1 aliphatic carbocycles. The molecule has 0 aromatic carbocycles. The van der Waals surface area contributed by atoms with E-state index in [0.717, 1.165) is 16.4 Å². The van der Waals surface area contributed by atoms with Crippen LogP contribution in [0.3, 0.4) is 0 Å². The largest absolute Gasteiger partial charge is 0.323 e. The molecule has 0 radical (unpaired) electrons. The summed E-state index contributed by atoms with van der Waals surface area (Å²) < 4.78 is 0. The summed E-state index contributed by atoms with van der Waals surface area (Å²) >= 11 is 1.38. The van der Waals surface area contributed by atoms with Crippen LogP contribution >= 0.6 is 11.8 Å². The zero-order valence-corrected chi connectivity index (χ0v) is 7.81. The molecule has 14 heavy (non-hydrogen) atoms. The number of amidine groups is 1. The van der Waals surface area contributed by atoms with E-state index in [0.29, 0.717) is 5.17 Å². The minimum absolute atomic E-state index is 0.0847. The van der Waals surface area contributed by atoms with Crippen LogP contribution in [0.5, 0.6) is 0 Å². The van der Waals surface area contributed by atoms with Crippen molar-refractivity contribution in [2.24, 2.45) is 4.99 Å². The van der Waals surface area contributed by atoms with Crippen LogP contribution in [0, 0.1) is 5.41 Å². The number of H-pyrrole nitrogens is 2. The van der Waals surface area contributed by atoms with Crippen molar-refractivity contribution in [2.45, 2.75) is 5.25 Å². The quantitative estimate of drug-likeness (QED) is 0.496. The maximum absolute atomic E-state index is 11.0. The Hall–Kier alpha value is -1.56. The predicted molar refractivity (Wildman–Crippen MR) is 56.1 cm³/mol. The Morgan fingerprint density at radius 1 is 1.43 bits per heavy atom. The third kappa shape index (κ3) is 1.00. The molecule has 3 rings (SSSR count). The molecule has 0 amide bonds. The Balaban J connectivity index is 2.34. The maximum Gasteiger partial charge on any atom is 0.323 e. The molecule has 2 heterocycles. The van der Waals surface area contributed by atoms with Crippen molar-refractivity contribution in [2.75, 3.05) is 0 Å². The Morgan fingerprint density at radius 2 is 2.21 bits per heavy atom. The monoisotopic (exact) mass is 206 g/mol. The summed E-state index contributed by atoms with van der Waals surface area (Å²) in [7, 11) is 0. The van der Waals surface area contributed by atoms with Crippen molar-refractivity contribution in [3.63, 3.8) is 0 Å². The van der Waals surface area contributed by atoms with Crippen molar-refractivity contribution in [3.8, 4) is 0 Å². The maximum atomic E-state index is 11.0. The molecule has 0 spiro atoms. The summed E-state index contributed by atoms with van der Waals surface area (Å²) in [6.45, 7) is 0. The lowest BCUT2D eigenvalue weighted by atomic mass is 10.1. The smallest absolute Gasteiger partial charge is 0.306 e. The van der Waals surface area contributed by atoms with Gasteiger partial charge >= 0.3 is 5.69 Å². The summed E-state index contributed by atoms with van der Waals surface area (Å²) in [4.78, 5) is 20.4. The lowest BCUT2D eigenvalue weighted by Gasteiger charge is -2.04. The van der Waals surface area contributed by atoms with Gasteiger partial charge in [-0.15, -0.1) is 0 Å². The Bertz CT molecular complexity index is 621. The number of imidazole rings is 1. The number of hydrogen-bond acceptors (Lipinski definition) is 3. The van der Waals surface area contributed by atoms with Crippen molar-refractivity contribution in [1.29, 1.82) is 5.41 Å². The van der Waals surface area contributed by atoms with Crippen LogP contribution in [-0.2, 0) is 0 Å². The van der Waals surface area contributed by atoms with Gasteiger partial charge in [0.25, 0.3) is 0 Å². The zero-order chi connectivity index (χ0) is 9.71. The zero-order valence-electron chi connectivity index (χ0n) is 7.00. The van der Waals surface area contributed by atoms with E-state index in [4.69, 9.17) is 5.41 Å². The second-order valence-corrected chi connectivity index (χ2v) is 4.23. The molecule has 0 fully saturated rings. The fourth-order valence-corrected chi connectivity index (χ4v) is 2.42. The molecule has 0 saturated carbocycles. The van der Waals surface area contributed by atoms with Crippen molar-refractivity contribution in [3.05, 3.63) is 21.2 Å². The van der Waals surface area contributed by atoms with Gasteiger partial charge in [-0.2, -0.15) is 0 Å². The van der Waals surface area contributed by atoms with E-state index in [9.17, 15) is 4.79 Å². The molecule has 1 aliphatic heterocycles. The summed E-state index contributed by atoms with van der Waals surface area (Å²) in [6, 6.07) is 0. The highest BCUT2D eigenvalue weighted by Crippen LogP contribution is 2.24. The van der Waals surface area contributed by atoms with E-state index in [2.05, 4.69) is 15.0 Å². The van der Waals surface area contributed by atoms with E-state index in [1.807, 2.05) is 12.2 Å². The number of aliphatic imine (C=N–C) groups is 1. The number of nitrogens with zero attached hydrogens (tertiary/aromatic N) is 1. The van der Waals surface area contributed by atoms with E-state index in [1.54, 1.807) is 0 Å². The van der Waals surface area contributed by atoms with Crippen LogP contribution < -0.4 is 16.4 Å². The summed E-state index contributed by atoms with van der Waals surface area (Å²) in [6.07, 6.45) is 3.73. The molecule has 5 nitrogen and oxygen atoms in total. The molecular weight excluding hydrogens is 200 g/mol. The molecule has 1 aromatic heterocycles. The Labute approximate surface area is 82.2 Å². The van der Waals surface area contributed by atoms with E-state index in [1.165, 1.54) is 11.8 Å². The molecule has 3 N–H and O–H groups in total. The average molecular weight is 206 g/mol.